The zero-order chi connectivity index (χ0) is 45.1. The smallest absolute Gasteiger partial charge is 0.306 e. The van der Waals surface area contributed by atoms with E-state index in [-0.39, 0.29) is 31.1 Å². The standard InChI is InChI=1S/C56H90O6/c1-4-7-10-13-16-18-20-22-23-24-25-26-27-28-29-30-31-32-33-35-36-38-40-43-46-49-55(58)61-52-53(51-60-54(57)48-45-42-15-12-9-6-3)62-56(59)50-47-44-41-39-37-34-21-19-17-14-11-8-5-2/h7,10-11,14,16,18-19,21-23,25-26,28-29,31-32,35-36,53H,4-6,8-9,12-13,15,17,20,24,27,30,33-34,37-52H2,1-3H3/b10-7-,14-11-,18-16-,21-19-,23-22-,26-25-,29-28-,32-31-,36-35-. The molecule has 0 rings (SSSR count). The molecule has 0 aromatic carbocycles. The molecular weight excluding hydrogens is 769 g/mol. The average Bonchev–Trinajstić information content (AvgIpc) is 3.27. The summed E-state index contributed by atoms with van der Waals surface area (Å²) in [5.41, 5.74) is 0. The lowest BCUT2D eigenvalue weighted by atomic mass is 10.1. The molecule has 0 amide bonds. The first kappa shape index (κ1) is 58.1. The zero-order valence-corrected chi connectivity index (χ0v) is 39.8. The largest absolute Gasteiger partial charge is 0.462 e. The van der Waals surface area contributed by atoms with Crippen LogP contribution in [0.25, 0.3) is 0 Å². The van der Waals surface area contributed by atoms with Crippen LogP contribution in [0.15, 0.2) is 109 Å². The highest BCUT2D eigenvalue weighted by Gasteiger charge is 2.19. The average molecular weight is 859 g/mol. The van der Waals surface area contributed by atoms with Gasteiger partial charge in [-0.15, -0.1) is 0 Å². The molecule has 0 radical (unpaired) electrons. The van der Waals surface area contributed by atoms with Crippen molar-refractivity contribution in [3.63, 3.8) is 0 Å². The lowest BCUT2D eigenvalue weighted by molar-refractivity contribution is -0.167. The number of esters is 3. The molecule has 1 atom stereocenters. The Morgan fingerprint density at radius 3 is 1.06 bits per heavy atom. The molecule has 0 fully saturated rings. The fourth-order valence-corrected chi connectivity index (χ4v) is 6.28. The summed E-state index contributed by atoms with van der Waals surface area (Å²) in [4.78, 5) is 37.7. The van der Waals surface area contributed by atoms with Gasteiger partial charge in [0.2, 0.25) is 0 Å². The summed E-state index contributed by atoms with van der Waals surface area (Å²) < 4.78 is 16.6. The molecule has 0 aliphatic carbocycles. The van der Waals surface area contributed by atoms with E-state index >= 15 is 0 Å². The number of allylic oxidation sites excluding steroid dienone is 18. The molecule has 62 heavy (non-hydrogen) atoms. The Hall–Kier alpha value is -3.93. The molecule has 0 aromatic rings. The van der Waals surface area contributed by atoms with Crippen LogP contribution < -0.4 is 0 Å². The fraction of sp³-hybridized carbons (Fsp3) is 0.625. The molecule has 0 aliphatic rings. The summed E-state index contributed by atoms with van der Waals surface area (Å²) in [6.07, 6.45) is 66.7. The fourth-order valence-electron chi connectivity index (χ4n) is 6.28. The predicted molar refractivity (Wildman–Crippen MR) is 265 cm³/mol. The van der Waals surface area contributed by atoms with Gasteiger partial charge in [-0.1, -0.05) is 194 Å². The molecule has 0 aliphatic heterocycles. The Morgan fingerprint density at radius 2 is 0.661 bits per heavy atom. The van der Waals surface area contributed by atoms with Crippen molar-refractivity contribution in [3.8, 4) is 0 Å². The Kier molecular flexibility index (Phi) is 46.6. The first-order valence-corrected chi connectivity index (χ1v) is 24.9. The van der Waals surface area contributed by atoms with Crippen molar-refractivity contribution in [2.45, 2.75) is 213 Å². The summed E-state index contributed by atoms with van der Waals surface area (Å²) in [5, 5.41) is 0. The van der Waals surface area contributed by atoms with Crippen molar-refractivity contribution in [1.29, 1.82) is 0 Å². The minimum Gasteiger partial charge on any atom is -0.462 e. The second kappa shape index (κ2) is 49.7. The van der Waals surface area contributed by atoms with Gasteiger partial charge in [-0.25, -0.2) is 0 Å². The third kappa shape index (κ3) is 47.1. The lowest BCUT2D eigenvalue weighted by Crippen LogP contribution is -2.30. The van der Waals surface area contributed by atoms with Crippen LogP contribution in [0.3, 0.4) is 0 Å². The van der Waals surface area contributed by atoms with E-state index in [4.69, 9.17) is 14.2 Å². The topological polar surface area (TPSA) is 78.9 Å². The van der Waals surface area contributed by atoms with Crippen LogP contribution in [0.4, 0.5) is 0 Å². The molecule has 6 heteroatoms. The molecule has 0 heterocycles. The van der Waals surface area contributed by atoms with Crippen molar-refractivity contribution in [1.82, 2.24) is 0 Å². The summed E-state index contributed by atoms with van der Waals surface area (Å²) >= 11 is 0. The number of rotatable bonds is 43. The maximum absolute atomic E-state index is 12.7. The van der Waals surface area contributed by atoms with E-state index < -0.39 is 6.10 Å². The number of carbonyl (C=O) groups excluding carboxylic acids is 3. The first-order valence-electron chi connectivity index (χ1n) is 24.9. The second-order valence-corrected chi connectivity index (χ2v) is 16.0. The summed E-state index contributed by atoms with van der Waals surface area (Å²) in [6, 6.07) is 0. The van der Waals surface area contributed by atoms with Gasteiger partial charge in [0, 0.05) is 19.3 Å². The van der Waals surface area contributed by atoms with E-state index in [0.717, 1.165) is 141 Å². The molecule has 1 unspecified atom stereocenters. The Bertz CT molecular complexity index is 1310. The summed E-state index contributed by atoms with van der Waals surface area (Å²) in [6.45, 7) is 6.33. The van der Waals surface area contributed by atoms with E-state index in [1.54, 1.807) is 0 Å². The Morgan fingerprint density at radius 1 is 0.339 bits per heavy atom. The monoisotopic (exact) mass is 859 g/mol. The van der Waals surface area contributed by atoms with Gasteiger partial charge in [0.15, 0.2) is 6.10 Å². The maximum Gasteiger partial charge on any atom is 0.306 e. The SMILES string of the molecule is CC/C=C\C/C=C\C/C=C\C/C=C\C/C=C\C/C=C\C/C=C\CCCCCC(=O)OCC(COC(=O)CCCCCCCC)OC(=O)CCCCCCC/C=C\C/C=C\CCC. The normalized spacial score (nSPS) is 13.0. The van der Waals surface area contributed by atoms with Gasteiger partial charge in [0.1, 0.15) is 13.2 Å². The van der Waals surface area contributed by atoms with E-state index in [9.17, 15) is 14.4 Å². The molecule has 0 saturated carbocycles. The highest BCUT2D eigenvalue weighted by atomic mass is 16.6. The van der Waals surface area contributed by atoms with E-state index in [1.165, 1.54) is 25.7 Å². The Labute approximate surface area is 380 Å². The van der Waals surface area contributed by atoms with Crippen molar-refractivity contribution in [3.05, 3.63) is 109 Å². The van der Waals surface area contributed by atoms with E-state index in [1.807, 2.05) is 0 Å². The van der Waals surface area contributed by atoms with Crippen LogP contribution in [-0.2, 0) is 28.6 Å². The van der Waals surface area contributed by atoms with Gasteiger partial charge >= 0.3 is 17.9 Å². The van der Waals surface area contributed by atoms with E-state index in [0.29, 0.717) is 19.3 Å². The predicted octanol–water partition coefficient (Wildman–Crippen LogP) is 16.4. The molecule has 0 saturated heterocycles. The molecule has 0 aromatic heterocycles. The molecule has 0 N–H and O–H groups in total. The van der Waals surface area contributed by atoms with Gasteiger partial charge in [0.05, 0.1) is 0 Å². The van der Waals surface area contributed by atoms with Crippen LogP contribution in [0.2, 0.25) is 0 Å². The second-order valence-electron chi connectivity index (χ2n) is 16.0. The highest BCUT2D eigenvalue weighted by molar-refractivity contribution is 5.71. The molecular formula is C56H90O6. The molecule has 0 bridgehead atoms. The minimum absolute atomic E-state index is 0.0967. The van der Waals surface area contributed by atoms with Crippen LogP contribution in [0.5, 0.6) is 0 Å². The van der Waals surface area contributed by atoms with Crippen LogP contribution in [0.1, 0.15) is 207 Å². The Balaban J connectivity index is 4.29. The van der Waals surface area contributed by atoms with Gasteiger partial charge in [-0.2, -0.15) is 0 Å². The number of carbonyl (C=O) groups is 3. The minimum atomic E-state index is -0.796. The highest BCUT2D eigenvalue weighted by Crippen LogP contribution is 2.12. The van der Waals surface area contributed by atoms with Crippen molar-refractivity contribution in [2.75, 3.05) is 13.2 Å². The summed E-state index contributed by atoms with van der Waals surface area (Å²) in [7, 11) is 0. The van der Waals surface area contributed by atoms with E-state index in [2.05, 4.69) is 130 Å². The maximum atomic E-state index is 12.7. The lowest BCUT2D eigenvalue weighted by Gasteiger charge is -2.18. The van der Waals surface area contributed by atoms with Gasteiger partial charge in [-0.3, -0.25) is 14.4 Å². The van der Waals surface area contributed by atoms with Crippen molar-refractivity contribution < 1.29 is 28.6 Å². The van der Waals surface area contributed by atoms with Gasteiger partial charge in [0.25, 0.3) is 0 Å². The third-order valence-corrected chi connectivity index (χ3v) is 9.99. The van der Waals surface area contributed by atoms with Gasteiger partial charge in [-0.05, 0) is 103 Å². The third-order valence-electron chi connectivity index (χ3n) is 9.99. The zero-order valence-electron chi connectivity index (χ0n) is 39.8. The van der Waals surface area contributed by atoms with Crippen molar-refractivity contribution in [2.24, 2.45) is 0 Å². The van der Waals surface area contributed by atoms with Crippen molar-refractivity contribution >= 4 is 17.9 Å². The number of ether oxygens (including phenoxy) is 3. The quantitative estimate of drug-likeness (QED) is 0.0263. The number of hydrogen-bond donors (Lipinski definition) is 0. The van der Waals surface area contributed by atoms with Crippen LogP contribution in [0, 0.1) is 0 Å². The molecule has 350 valence electrons. The van der Waals surface area contributed by atoms with Crippen LogP contribution in [-0.4, -0.2) is 37.2 Å². The number of unbranched alkanes of at least 4 members (excludes halogenated alkanes) is 14. The molecule has 0 spiro atoms. The molecule has 6 nitrogen and oxygen atoms in total. The summed E-state index contributed by atoms with van der Waals surface area (Å²) in [5.74, 6) is -0.964. The van der Waals surface area contributed by atoms with Gasteiger partial charge < -0.3 is 14.2 Å². The van der Waals surface area contributed by atoms with Crippen LogP contribution >= 0.6 is 0 Å². The first-order chi connectivity index (χ1) is 30.5. The number of hydrogen-bond acceptors (Lipinski definition) is 6.